The first kappa shape index (κ1) is 13.0. The van der Waals surface area contributed by atoms with Gasteiger partial charge in [-0.3, -0.25) is 9.48 Å². The Balaban J connectivity index is 1.93. The van der Waals surface area contributed by atoms with Gasteiger partial charge in [-0.05, 0) is 25.1 Å². The average molecular weight is 282 g/mol. The van der Waals surface area contributed by atoms with Crippen LogP contribution in [0.1, 0.15) is 16.2 Å². The number of aryl methyl sites for hydroxylation is 2. The highest BCUT2D eigenvalue weighted by Gasteiger charge is 2.13. The molecule has 3 N–H and O–H groups in total. The first-order valence-electron chi connectivity index (χ1n) is 6.37. The number of carbonyl (C=O) groups is 1. The van der Waals surface area contributed by atoms with Gasteiger partial charge in [-0.2, -0.15) is 5.10 Å². The largest absolute Gasteiger partial charge is 0.397 e. The molecule has 3 aromatic rings. The van der Waals surface area contributed by atoms with Gasteiger partial charge in [0.15, 0.2) is 11.3 Å². The van der Waals surface area contributed by atoms with Gasteiger partial charge in [0.2, 0.25) is 0 Å². The Labute approximate surface area is 120 Å². The Morgan fingerprint density at radius 2 is 2.19 bits per heavy atom. The van der Waals surface area contributed by atoms with E-state index in [1.54, 1.807) is 23.0 Å². The topological polar surface area (TPSA) is 98.7 Å². The van der Waals surface area contributed by atoms with Gasteiger partial charge in [0.25, 0.3) is 5.91 Å². The van der Waals surface area contributed by atoms with Crippen LogP contribution in [0, 0.1) is 6.92 Å². The lowest BCUT2D eigenvalue weighted by Gasteiger charge is -2.06. The first-order valence-corrected chi connectivity index (χ1v) is 6.37. The van der Waals surface area contributed by atoms with Crippen LogP contribution in [0.25, 0.3) is 11.0 Å². The van der Waals surface area contributed by atoms with Gasteiger partial charge in [0.05, 0.1) is 23.3 Å². The Kier molecular flexibility index (Phi) is 3.02. The second-order valence-electron chi connectivity index (χ2n) is 4.70. The van der Waals surface area contributed by atoms with E-state index in [4.69, 9.17) is 5.73 Å². The van der Waals surface area contributed by atoms with E-state index in [0.717, 1.165) is 16.7 Å². The minimum absolute atomic E-state index is 0.195. The molecule has 0 aliphatic rings. The summed E-state index contributed by atoms with van der Waals surface area (Å²) in [6, 6.07) is 5.15. The lowest BCUT2D eigenvalue weighted by Crippen LogP contribution is -2.15. The van der Waals surface area contributed by atoms with Crippen molar-refractivity contribution in [3.8, 4) is 0 Å². The summed E-state index contributed by atoms with van der Waals surface area (Å²) in [5.41, 5.74) is 8.47. The number of hydrogen-bond acceptors (Lipinski definition) is 5. The molecule has 0 unspecified atom stereocenters. The highest BCUT2D eigenvalue weighted by Crippen LogP contribution is 2.20. The Hall–Kier alpha value is -2.96. The molecule has 7 nitrogen and oxygen atoms in total. The molecular formula is C14H14N6O. The van der Waals surface area contributed by atoms with Gasteiger partial charge in [-0.1, -0.05) is 0 Å². The fourth-order valence-corrected chi connectivity index (χ4v) is 2.17. The molecule has 0 spiro atoms. The van der Waals surface area contributed by atoms with Crippen molar-refractivity contribution in [2.45, 2.75) is 6.92 Å². The summed E-state index contributed by atoms with van der Waals surface area (Å²) in [7, 11) is 1.83. The van der Waals surface area contributed by atoms with Gasteiger partial charge in [0.1, 0.15) is 0 Å². The number of nitrogens with two attached hydrogens (primary N) is 1. The third-order valence-electron chi connectivity index (χ3n) is 3.17. The second-order valence-corrected chi connectivity index (χ2v) is 4.70. The third-order valence-corrected chi connectivity index (χ3v) is 3.17. The molecule has 3 heterocycles. The molecule has 0 saturated heterocycles. The van der Waals surface area contributed by atoms with Crippen LogP contribution in [0.15, 0.2) is 30.6 Å². The van der Waals surface area contributed by atoms with Crippen molar-refractivity contribution in [3.05, 3.63) is 42.0 Å². The summed E-state index contributed by atoms with van der Waals surface area (Å²) in [5.74, 6) is -0.365. The Bertz CT molecular complexity index is 839. The molecule has 0 aliphatic carbocycles. The van der Waals surface area contributed by atoms with Crippen LogP contribution in [0.4, 0.5) is 11.4 Å². The van der Waals surface area contributed by atoms with Gasteiger partial charge >= 0.3 is 0 Å². The van der Waals surface area contributed by atoms with Crippen LogP contribution in [-0.2, 0) is 7.05 Å². The number of fused-ring (bicyclic) bond motifs is 1. The van der Waals surface area contributed by atoms with Crippen molar-refractivity contribution in [1.29, 1.82) is 0 Å². The van der Waals surface area contributed by atoms with Crippen molar-refractivity contribution >= 4 is 28.3 Å². The van der Waals surface area contributed by atoms with Crippen molar-refractivity contribution in [2.75, 3.05) is 11.1 Å². The summed E-state index contributed by atoms with van der Waals surface area (Å²) in [6.45, 7) is 1.90. The van der Waals surface area contributed by atoms with Crippen molar-refractivity contribution in [1.82, 2.24) is 19.7 Å². The Morgan fingerprint density at radius 1 is 1.38 bits per heavy atom. The zero-order valence-electron chi connectivity index (χ0n) is 11.7. The molecule has 0 radical (unpaired) electrons. The zero-order valence-corrected chi connectivity index (χ0v) is 11.7. The number of carbonyl (C=O) groups excluding carboxylic acids is 1. The fraction of sp³-hybridized carbons (Fsp3) is 0.143. The van der Waals surface area contributed by atoms with Crippen LogP contribution in [0.3, 0.4) is 0 Å². The third kappa shape index (κ3) is 2.29. The summed E-state index contributed by atoms with van der Waals surface area (Å²) in [5, 5.41) is 7.93. The maximum atomic E-state index is 12.2. The van der Waals surface area contributed by atoms with E-state index in [9.17, 15) is 4.79 Å². The van der Waals surface area contributed by atoms with E-state index in [1.807, 2.05) is 20.0 Å². The predicted molar refractivity (Wildman–Crippen MR) is 79.8 cm³/mol. The standard InChI is InChI=1S/C14H14N6O/c1-8-10-6-9(7-17-13(10)20(2)19-8)18-14(21)12-11(15)4-3-5-16-12/h3-7H,15H2,1-2H3,(H,18,21). The molecule has 0 aliphatic heterocycles. The Morgan fingerprint density at radius 3 is 2.95 bits per heavy atom. The maximum absolute atomic E-state index is 12.2. The summed E-state index contributed by atoms with van der Waals surface area (Å²) in [4.78, 5) is 20.4. The number of amides is 1. The van der Waals surface area contributed by atoms with E-state index >= 15 is 0 Å². The van der Waals surface area contributed by atoms with E-state index in [0.29, 0.717) is 11.4 Å². The smallest absolute Gasteiger partial charge is 0.276 e. The molecule has 3 rings (SSSR count). The number of nitrogens with zero attached hydrogens (tertiary/aromatic N) is 4. The number of hydrogen-bond donors (Lipinski definition) is 2. The molecule has 0 saturated carbocycles. The summed E-state index contributed by atoms with van der Waals surface area (Å²) in [6.07, 6.45) is 3.11. The lowest BCUT2D eigenvalue weighted by molar-refractivity contribution is 0.102. The molecule has 1 amide bonds. The number of anilines is 2. The van der Waals surface area contributed by atoms with Crippen LogP contribution in [0.2, 0.25) is 0 Å². The van der Waals surface area contributed by atoms with E-state index in [2.05, 4.69) is 20.4 Å². The first-order chi connectivity index (χ1) is 10.1. The van der Waals surface area contributed by atoms with Gasteiger partial charge in [-0.25, -0.2) is 9.97 Å². The van der Waals surface area contributed by atoms with Crippen LogP contribution >= 0.6 is 0 Å². The fourth-order valence-electron chi connectivity index (χ4n) is 2.17. The van der Waals surface area contributed by atoms with E-state index in [-0.39, 0.29) is 11.6 Å². The summed E-state index contributed by atoms with van der Waals surface area (Å²) >= 11 is 0. The maximum Gasteiger partial charge on any atom is 0.276 e. The highest BCUT2D eigenvalue weighted by atomic mass is 16.1. The molecular weight excluding hydrogens is 268 g/mol. The minimum atomic E-state index is -0.365. The number of nitrogen functional groups attached to an aromatic ring is 1. The molecule has 3 aromatic heterocycles. The molecule has 0 atom stereocenters. The molecule has 0 fully saturated rings. The van der Waals surface area contributed by atoms with Gasteiger partial charge in [0, 0.05) is 18.6 Å². The second kappa shape index (κ2) is 4.86. The lowest BCUT2D eigenvalue weighted by atomic mass is 10.2. The van der Waals surface area contributed by atoms with Gasteiger partial charge < -0.3 is 11.1 Å². The molecule has 7 heteroatoms. The number of aromatic nitrogens is 4. The average Bonchev–Trinajstić information content (AvgIpc) is 2.74. The highest BCUT2D eigenvalue weighted by molar-refractivity contribution is 6.06. The van der Waals surface area contributed by atoms with Gasteiger partial charge in [-0.15, -0.1) is 0 Å². The zero-order chi connectivity index (χ0) is 15.0. The summed E-state index contributed by atoms with van der Waals surface area (Å²) < 4.78 is 1.70. The van der Waals surface area contributed by atoms with Crippen molar-refractivity contribution < 1.29 is 4.79 Å². The molecule has 106 valence electrons. The number of nitrogens with one attached hydrogen (secondary N) is 1. The van der Waals surface area contributed by atoms with Crippen molar-refractivity contribution in [3.63, 3.8) is 0 Å². The van der Waals surface area contributed by atoms with Crippen LogP contribution < -0.4 is 11.1 Å². The minimum Gasteiger partial charge on any atom is -0.397 e. The monoisotopic (exact) mass is 282 g/mol. The molecule has 21 heavy (non-hydrogen) atoms. The number of rotatable bonds is 2. The SMILES string of the molecule is Cc1nn(C)c2ncc(NC(=O)c3ncccc3N)cc12. The predicted octanol–water partition coefficient (Wildman–Crippen LogP) is 1.51. The van der Waals surface area contributed by atoms with Crippen LogP contribution in [-0.4, -0.2) is 25.7 Å². The van der Waals surface area contributed by atoms with Crippen molar-refractivity contribution in [2.24, 2.45) is 7.05 Å². The van der Waals surface area contributed by atoms with Crippen LogP contribution in [0.5, 0.6) is 0 Å². The quantitative estimate of drug-likeness (QED) is 0.742. The normalized spacial score (nSPS) is 10.8. The molecule has 0 aromatic carbocycles. The number of pyridine rings is 2. The molecule has 0 bridgehead atoms. The van der Waals surface area contributed by atoms with E-state index in [1.165, 1.54) is 6.20 Å². The van der Waals surface area contributed by atoms with E-state index < -0.39 is 0 Å².